The molecule has 0 saturated carbocycles. The Balaban J connectivity index is 2.83. The number of nitriles is 1. The van der Waals surface area contributed by atoms with E-state index in [4.69, 9.17) is 15.2 Å². The number of carbonyl (C=O) groups excluding carboxylic acids is 1. The molecule has 1 aromatic carbocycles. The summed E-state index contributed by atoms with van der Waals surface area (Å²) in [6, 6.07) is 6.51. The third-order valence-corrected chi connectivity index (χ3v) is 5.43. The number of hydrogen-bond donors (Lipinski definition) is 1. The van der Waals surface area contributed by atoms with Gasteiger partial charge in [0.2, 0.25) is 5.88 Å². The lowest BCUT2D eigenvalue weighted by atomic mass is 9.83. The van der Waals surface area contributed by atoms with E-state index < -0.39 is 21.7 Å². The second kappa shape index (κ2) is 7.51. The molecule has 2 N–H and O–H groups in total. The third kappa shape index (κ3) is 3.76. The number of hydrogen-bond acceptors (Lipinski definition) is 7. The molecule has 0 spiro atoms. The second-order valence-electron chi connectivity index (χ2n) is 5.57. The Labute approximate surface area is 160 Å². The summed E-state index contributed by atoms with van der Waals surface area (Å²) < 4.78 is 35.5. The fourth-order valence-corrected chi connectivity index (χ4v) is 4.20. The molecular weight excluding hydrogens is 424 g/mol. The van der Waals surface area contributed by atoms with Crippen LogP contribution in [0.15, 0.2) is 50.4 Å². The van der Waals surface area contributed by atoms with Gasteiger partial charge in [0.15, 0.2) is 9.84 Å². The SMILES string of the molecule is CCOC(=O)C1=C(C)OC(N)=C(C#N)C1c1ccc(Br)cc1S(C)(=O)=O. The van der Waals surface area contributed by atoms with Gasteiger partial charge in [0.05, 0.1) is 23.0 Å². The van der Waals surface area contributed by atoms with Crippen molar-refractivity contribution in [2.45, 2.75) is 24.7 Å². The van der Waals surface area contributed by atoms with Crippen LogP contribution in [-0.2, 0) is 24.1 Å². The van der Waals surface area contributed by atoms with Gasteiger partial charge in [0.25, 0.3) is 0 Å². The van der Waals surface area contributed by atoms with E-state index in [-0.39, 0.29) is 39.9 Å². The Hall–Kier alpha value is -2.31. The zero-order valence-electron chi connectivity index (χ0n) is 14.4. The molecule has 1 unspecified atom stereocenters. The van der Waals surface area contributed by atoms with Crippen LogP contribution in [0.25, 0.3) is 0 Å². The van der Waals surface area contributed by atoms with E-state index in [2.05, 4.69) is 15.9 Å². The van der Waals surface area contributed by atoms with E-state index >= 15 is 0 Å². The summed E-state index contributed by atoms with van der Waals surface area (Å²) in [4.78, 5) is 12.5. The average molecular weight is 441 g/mol. The van der Waals surface area contributed by atoms with Gasteiger partial charge >= 0.3 is 5.97 Å². The van der Waals surface area contributed by atoms with Crippen molar-refractivity contribution in [2.24, 2.45) is 5.73 Å². The highest BCUT2D eigenvalue weighted by molar-refractivity contribution is 9.10. The molecule has 7 nitrogen and oxygen atoms in total. The number of carbonyl (C=O) groups is 1. The van der Waals surface area contributed by atoms with Crippen LogP contribution in [0.5, 0.6) is 0 Å². The zero-order chi connectivity index (χ0) is 19.6. The first-order chi connectivity index (χ1) is 12.1. The predicted octanol–water partition coefficient (Wildman–Crippen LogP) is 2.50. The van der Waals surface area contributed by atoms with Crippen molar-refractivity contribution in [3.63, 3.8) is 0 Å². The van der Waals surface area contributed by atoms with Gasteiger partial charge in [-0.25, -0.2) is 13.2 Å². The van der Waals surface area contributed by atoms with E-state index in [1.165, 1.54) is 19.1 Å². The highest BCUT2D eigenvalue weighted by Gasteiger charge is 2.38. The van der Waals surface area contributed by atoms with Crippen LogP contribution in [0.4, 0.5) is 0 Å². The van der Waals surface area contributed by atoms with Crippen LogP contribution in [0.1, 0.15) is 25.3 Å². The van der Waals surface area contributed by atoms with Crippen LogP contribution < -0.4 is 5.73 Å². The summed E-state index contributed by atoms with van der Waals surface area (Å²) in [5, 5.41) is 9.56. The highest BCUT2D eigenvalue weighted by Crippen LogP contribution is 2.42. The Morgan fingerprint density at radius 3 is 2.65 bits per heavy atom. The van der Waals surface area contributed by atoms with Crippen molar-refractivity contribution in [3.8, 4) is 6.07 Å². The van der Waals surface area contributed by atoms with Gasteiger partial charge in [-0.15, -0.1) is 0 Å². The van der Waals surface area contributed by atoms with Crippen LogP contribution in [0.2, 0.25) is 0 Å². The zero-order valence-corrected chi connectivity index (χ0v) is 16.8. The number of nitrogens with two attached hydrogens (primary N) is 1. The van der Waals surface area contributed by atoms with Crippen molar-refractivity contribution in [1.29, 1.82) is 5.26 Å². The Bertz CT molecular complexity index is 973. The minimum atomic E-state index is -3.65. The molecule has 1 atom stereocenters. The molecule has 1 heterocycles. The molecule has 2 rings (SSSR count). The fraction of sp³-hybridized carbons (Fsp3) is 0.294. The number of ether oxygens (including phenoxy) is 2. The molecule has 1 aliphatic rings. The first kappa shape index (κ1) is 20.0. The summed E-state index contributed by atoms with van der Waals surface area (Å²) >= 11 is 3.24. The molecule has 1 aromatic rings. The van der Waals surface area contributed by atoms with Gasteiger partial charge in [0.1, 0.15) is 17.4 Å². The Morgan fingerprint density at radius 2 is 2.12 bits per heavy atom. The topological polar surface area (TPSA) is 119 Å². The first-order valence-electron chi connectivity index (χ1n) is 7.56. The predicted molar refractivity (Wildman–Crippen MR) is 97.2 cm³/mol. The lowest BCUT2D eigenvalue weighted by Gasteiger charge is -2.28. The van der Waals surface area contributed by atoms with Crippen molar-refractivity contribution in [1.82, 2.24) is 0 Å². The molecule has 9 heteroatoms. The van der Waals surface area contributed by atoms with Gasteiger partial charge in [-0.2, -0.15) is 5.26 Å². The number of sulfone groups is 1. The number of rotatable bonds is 4. The monoisotopic (exact) mass is 440 g/mol. The number of halogens is 1. The van der Waals surface area contributed by atoms with Gasteiger partial charge in [-0.1, -0.05) is 22.0 Å². The second-order valence-corrected chi connectivity index (χ2v) is 8.47. The Morgan fingerprint density at radius 1 is 1.46 bits per heavy atom. The molecule has 0 aliphatic carbocycles. The standard InChI is InChI=1S/C17H17BrN2O5S/c1-4-24-17(21)14-9(2)25-16(20)12(8-19)15(14)11-6-5-10(18)7-13(11)26(3,22)23/h5-7,15H,4,20H2,1-3H3. The van der Waals surface area contributed by atoms with Crippen molar-refractivity contribution in [2.75, 3.05) is 12.9 Å². The average Bonchev–Trinajstić information content (AvgIpc) is 2.53. The van der Waals surface area contributed by atoms with Crippen LogP contribution in [0, 0.1) is 11.3 Å². The van der Waals surface area contributed by atoms with Gasteiger partial charge in [-0.3, -0.25) is 0 Å². The summed E-state index contributed by atoms with van der Waals surface area (Å²) in [6.45, 7) is 3.27. The largest absolute Gasteiger partial charge is 0.463 e. The number of benzene rings is 1. The number of esters is 1. The summed E-state index contributed by atoms with van der Waals surface area (Å²) in [7, 11) is -3.65. The maximum Gasteiger partial charge on any atom is 0.338 e. The molecule has 0 bridgehead atoms. The van der Waals surface area contributed by atoms with Crippen molar-refractivity contribution in [3.05, 3.63) is 51.0 Å². The van der Waals surface area contributed by atoms with Gasteiger partial charge in [-0.05, 0) is 31.5 Å². The van der Waals surface area contributed by atoms with Gasteiger partial charge in [0, 0.05) is 10.7 Å². The number of nitrogens with zero attached hydrogens (tertiary/aromatic N) is 1. The molecule has 0 aromatic heterocycles. The maximum absolute atomic E-state index is 12.5. The lowest BCUT2D eigenvalue weighted by molar-refractivity contribution is -0.139. The fourth-order valence-electron chi connectivity index (χ4n) is 2.73. The minimum Gasteiger partial charge on any atom is -0.463 e. The summed E-state index contributed by atoms with van der Waals surface area (Å²) in [5.41, 5.74) is 6.07. The molecule has 26 heavy (non-hydrogen) atoms. The highest BCUT2D eigenvalue weighted by atomic mass is 79.9. The van der Waals surface area contributed by atoms with E-state index in [0.29, 0.717) is 4.47 Å². The van der Waals surface area contributed by atoms with Crippen molar-refractivity contribution < 1.29 is 22.7 Å². The number of allylic oxidation sites excluding steroid dienone is 2. The maximum atomic E-state index is 12.5. The van der Waals surface area contributed by atoms with E-state index in [9.17, 15) is 18.5 Å². The van der Waals surface area contributed by atoms with E-state index in [1.807, 2.05) is 6.07 Å². The smallest absolute Gasteiger partial charge is 0.338 e. The van der Waals surface area contributed by atoms with Crippen LogP contribution in [-0.4, -0.2) is 27.2 Å². The summed E-state index contributed by atoms with van der Waals surface area (Å²) in [6.07, 6.45) is 1.05. The van der Waals surface area contributed by atoms with E-state index in [0.717, 1.165) is 6.26 Å². The minimum absolute atomic E-state index is 0.0195. The molecule has 1 aliphatic heterocycles. The van der Waals surface area contributed by atoms with E-state index in [1.54, 1.807) is 13.0 Å². The Kier molecular flexibility index (Phi) is 5.78. The normalized spacial score (nSPS) is 17.6. The lowest BCUT2D eigenvalue weighted by Crippen LogP contribution is -2.26. The molecule has 0 saturated heterocycles. The summed E-state index contributed by atoms with van der Waals surface area (Å²) in [5.74, 6) is -1.72. The first-order valence-corrected chi connectivity index (χ1v) is 10.2. The molecule has 138 valence electrons. The van der Waals surface area contributed by atoms with Crippen LogP contribution in [0.3, 0.4) is 0 Å². The van der Waals surface area contributed by atoms with Gasteiger partial charge < -0.3 is 15.2 Å². The van der Waals surface area contributed by atoms with Crippen LogP contribution >= 0.6 is 15.9 Å². The molecule has 0 fully saturated rings. The van der Waals surface area contributed by atoms with Crippen molar-refractivity contribution >= 4 is 31.7 Å². The molecule has 0 amide bonds. The third-order valence-electron chi connectivity index (χ3n) is 3.79. The molecule has 0 radical (unpaired) electrons. The quantitative estimate of drug-likeness (QED) is 0.713. The molecular formula is C17H17BrN2O5S.